The van der Waals surface area contributed by atoms with Gasteiger partial charge in [0, 0.05) is 17.8 Å². The first-order chi connectivity index (χ1) is 14.3. The number of H-pyrrole nitrogens is 1. The van der Waals surface area contributed by atoms with E-state index in [-0.39, 0.29) is 5.78 Å². The molecular formula is C22H26N4O3S. The van der Waals surface area contributed by atoms with Crippen molar-refractivity contribution in [1.82, 2.24) is 19.7 Å². The third-order valence-electron chi connectivity index (χ3n) is 5.03. The lowest BCUT2D eigenvalue weighted by Gasteiger charge is -2.12. The Balaban J connectivity index is 1.87. The van der Waals surface area contributed by atoms with Gasteiger partial charge in [0.05, 0.1) is 23.6 Å². The van der Waals surface area contributed by atoms with Crippen LogP contribution in [-0.2, 0) is 11.3 Å². The minimum absolute atomic E-state index is 0.0986. The Hall–Kier alpha value is -2.87. The number of ether oxygens (including phenoxy) is 1. The van der Waals surface area contributed by atoms with Crippen molar-refractivity contribution >= 4 is 23.5 Å². The van der Waals surface area contributed by atoms with Crippen LogP contribution >= 0.6 is 11.8 Å². The normalized spacial score (nSPS) is 12.1. The van der Waals surface area contributed by atoms with Gasteiger partial charge >= 0.3 is 5.97 Å². The number of aryl methyl sites for hydroxylation is 2. The average molecular weight is 427 g/mol. The van der Waals surface area contributed by atoms with Crippen molar-refractivity contribution in [1.29, 1.82) is 0 Å². The van der Waals surface area contributed by atoms with Crippen molar-refractivity contribution in [3.05, 3.63) is 52.3 Å². The molecule has 0 aliphatic carbocycles. The molecule has 0 spiro atoms. The minimum atomic E-state index is -0.450. The number of aromatic nitrogens is 4. The first-order valence-electron chi connectivity index (χ1n) is 9.77. The highest BCUT2D eigenvalue weighted by Gasteiger charge is 2.27. The second-order valence-corrected chi connectivity index (χ2v) is 8.47. The third kappa shape index (κ3) is 4.05. The van der Waals surface area contributed by atoms with Crippen LogP contribution in [0.1, 0.15) is 51.5 Å². The Morgan fingerprint density at radius 3 is 2.60 bits per heavy atom. The zero-order chi connectivity index (χ0) is 22.0. The number of aromatic amines is 1. The van der Waals surface area contributed by atoms with Gasteiger partial charge < -0.3 is 14.3 Å². The first-order valence-corrected chi connectivity index (χ1v) is 10.6. The average Bonchev–Trinajstić information content (AvgIpc) is 3.26. The molecule has 1 N–H and O–H groups in total. The molecule has 0 radical (unpaired) electrons. The van der Waals surface area contributed by atoms with Gasteiger partial charge in [-0.2, -0.15) is 0 Å². The number of rotatable bonds is 7. The summed E-state index contributed by atoms with van der Waals surface area (Å²) in [4.78, 5) is 28.2. The summed E-state index contributed by atoms with van der Waals surface area (Å²) >= 11 is 1.36. The number of thioether (sulfide) groups is 1. The number of benzene rings is 1. The molecule has 8 heteroatoms. The van der Waals surface area contributed by atoms with Gasteiger partial charge in [-0.25, -0.2) is 4.79 Å². The molecule has 2 heterocycles. The van der Waals surface area contributed by atoms with E-state index < -0.39 is 11.2 Å². The summed E-state index contributed by atoms with van der Waals surface area (Å²) in [6.45, 7) is 10.1. The van der Waals surface area contributed by atoms with E-state index in [9.17, 15) is 9.59 Å². The molecular weight excluding hydrogens is 400 g/mol. The highest BCUT2D eigenvalue weighted by molar-refractivity contribution is 8.00. The molecule has 0 saturated carbocycles. The van der Waals surface area contributed by atoms with E-state index in [4.69, 9.17) is 4.74 Å². The molecule has 0 amide bonds. The Morgan fingerprint density at radius 2 is 1.97 bits per heavy atom. The fourth-order valence-electron chi connectivity index (χ4n) is 3.48. The quantitative estimate of drug-likeness (QED) is 0.343. The van der Waals surface area contributed by atoms with Crippen LogP contribution in [-0.4, -0.2) is 43.9 Å². The topological polar surface area (TPSA) is 89.9 Å². The van der Waals surface area contributed by atoms with Crippen LogP contribution in [0, 0.1) is 20.8 Å². The number of hydrogen-bond donors (Lipinski definition) is 1. The molecule has 7 nitrogen and oxygen atoms in total. The first kappa shape index (κ1) is 21.8. The van der Waals surface area contributed by atoms with Gasteiger partial charge in [0.2, 0.25) is 0 Å². The second-order valence-electron chi connectivity index (χ2n) is 7.16. The number of methoxy groups -OCH3 is 1. The van der Waals surface area contributed by atoms with Crippen molar-refractivity contribution in [2.24, 2.45) is 0 Å². The Morgan fingerprint density at radius 1 is 1.23 bits per heavy atom. The fourth-order valence-corrected chi connectivity index (χ4v) is 4.45. The molecule has 0 bridgehead atoms. The summed E-state index contributed by atoms with van der Waals surface area (Å²) in [5.74, 6) is 0.232. The summed E-state index contributed by atoms with van der Waals surface area (Å²) in [5, 5.41) is 8.97. The van der Waals surface area contributed by atoms with Crippen molar-refractivity contribution < 1.29 is 14.3 Å². The number of carbonyl (C=O) groups is 2. The summed E-state index contributed by atoms with van der Waals surface area (Å²) in [5.41, 5.74) is 4.21. The Labute approximate surface area is 180 Å². The van der Waals surface area contributed by atoms with Crippen LogP contribution in [0.4, 0.5) is 0 Å². The molecule has 1 unspecified atom stereocenters. The number of ketones is 1. The zero-order valence-electron chi connectivity index (χ0n) is 18.1. The lowest BCUT2D eigenvalue weighted by molar-refractivity contribution is 0.0599. The number of nitrogens with one attached hydrogen (secondary N) is 1. The molecule has 0 fully saturated rings. The maximum Gasteiger partial charge on any atom is 0.339 e. The number of Topliss-reactive ketones (excluding diaryl/α,β-unsaturated/α-hetero) is 1. The van der Waals surface area contributed by atoms with Crippen molar-refractivity contribution in [3.63, 3.8) is 0 Å². The van der Waals surface area contributed by atoms with Gasteiger partial charge in [0.25, 0.3) is 0 Å². The van der Waals surface area contributed by atoms with Crippen LogP contribution in [0.25, 0.3) is 11.4 Å². The van der Waals surface area contributed by atoms with E-state index in [1.807, 2.05) is 43.5 Å². The molecule has 2 aromatic heterocycles. The van der Waals surface area contributed by atoms with Crippen molar-refractivity contribution in [3.8, 4) is 11.4 Å². The van der Waals surface area contributed by atoms with E-state index in [1.165, 1.54) is 18.9 Å². The number of hydrogen-bond acceptors (Lipinski definition) is 6. The number of carbonyl (C=O) groups excluding carboxylic acids is 2. The van der Waals surface area contributed by atoms with Gasteiger partial charge in [-0.3, -0.25) is 4.79 Å². The maximum absolute atomic E-state index is 13.1. The molecule has 0 saturated heterocycles. The van der Waals surface area contributed by atoms with E-state index in [0.29, 0.717) is 34.2 Å². The van der Waals surface area contributed by atoms with E-state index in [2.05, 4.69) is 21.2 Å². The number of nitrogens with zero attached hydrogens (tertiary/aromatic N) is 3. The van der Waals surface area contributed by atoms with Crippen molar-refractivity contribution in [2.75, 3.05) is 7.11 Å². The van der Waals surface area contributed by atoms with Gasteiger partial charge in [0.1, 0.15) is 0 Å². The van der Waals surface area contributed by atoms with Crippen molar-refractivity contribution in [2.45, 2.75) is 51.6 Å². The Bertz CT molecular complexity index is 1100. The fraction of sp³-hybridized carbons (Fsp3) is 0.364. The summed E-state index contributed by atoms with van der Waals surface area (Å²) < 4.78 is 6.84. The van der Waals surface area contributed by atoms with Gasteiger partial charge in [0.15, 0.2) is 16.8 Å². The molecule has 1 aromatic carbocycles. The van der Waals surface area contributed by atoms with Crippen LogP contribution < -0.4 is 0 Å². The van der Waals surface area contributed by atoms with Gasteiger partial charge in [-0.15, -0.1) is 10.2 Å². The summed E-state index contributed by atoms with van der Waals surface area (Å²) in [6, 6.07) is 8.10. The van der Waals surface area contributed by atoms with E-state index >= 15 is 0 Å². The predicted molar refractivity (Wildman–Crippen MR) is 117 cm³/mol. The summed E-state index contributed by atoms with van der Waals surface area (Å²) in [7, 11) is 1.33. The standard InChI is InChI=1S/C22H26N4O3S/c1-7-26-20(16-10-8-9-12(2)11-16)24-25-22(26)30-15(5)19(27)18-13(3)17(14(4)23-18)21(28)29-6/h8-11,15,23H,7H2,1-6H3. The molecule has 3 aromatic rings. The SMILES string of the molecule is CCn1c(SC(C)C(=O)c2[nH]c(C)c(C(=O)OC)c2C)nnc1-c1cccc(C)c1. The lowest BCUT2D eigenvalue weighted by Crippen LogP contribution is -2.16. The maximum atomic E-state index is 13.1. The van der Waals surface area contributed by atoms with Crippen LogP contribution in [0.15, 0.2) is 29.4 Å². The smallest absolute Gasteiger partial charge is 0.339 e. The highest BCUT2D eigenvalue weighted by Crippen LogP contribution is 2.30. The van der Waals surface area contributed by atoms with Gasteiger partial charge in [-0.05, 0) is 46.2 Å². The molecule has 30 heavy (non-hydrogen) atoms. The molecule has 3 rings (SSSR count). The van der Waals surface area contributed by atoms with Crippen LogP contribution in [0.3, 0.4) is 0 Å². The molecule has 0 aliphatic rings. The second kappa shape index (κ2) is 8.87. The molecule has 158 valence electrons. The van der Waals surface area contributed by atoms with Crippen LogP contribution in [0.5, 0.6) is 0 Å². The lowest BCUT2D eigenvalue weighted by atomic mass is 10.1. The highest BCUT2D eigenvalue weighted by atomic mass is 32.2. The largest absolute Gasteiger partial charge is 0.465 e. The number of esters is 1. The minimum Gasteiger partial charge on any atom is -0.465 e. The summed E-state index contributed by atoms with van der Waals surface area (Å²) in [6.07, 6.45) is 0. The monoisotopic (exact) mass is 426 g/mol. The van der Waals surface area contributed by atoms with E-state index in [1.54, 1.807) is 13.8 Å². The van der Waals surface area contributed by atoms with E-state index in [0.717, 1.165) is 17.0 Å². The zero-order valence-corrected chi connectivity index (χ0v) is 18.9. The molecule has 0 aliphatic heterocycles. The Kier molecular flexibility index (Phi) is 6.45. The molecule has 1 atom stereocenters. The third-order valence-corrected chi connectivity index (χ3v) is 6.11. The van der Waals surface area contributed by atoms with Crippen LogP contribution in [0.2, 0.25) is 0 Å². The van der Waals surface area contributed by atoms with Gasteiger partial charge in [-0.1, -0.05) is 35.5 Å². The predicted octanol–water partition coefficient (Wildman–Crippen LogP) is 4.37.